The van der Waals surface area contributed by atoms with E-state index in [4.69, 9.17) is 0 Å². The van der Waals surface area contributed by atoms with Crippen molar-refractivity contribution in [3.05, 3.63) is 56.4 Å². The van der Waals surface area contributed by atoms with Crippen molar-refractivity contribution >= 4 is 15.9 Å². The average molecular weight is 321 g/mol. The summed E-state index contributed by atoms with van der Waals surface area (Å²) in [5, 5.41) is 3.26. The van der Waals surface area contributed by atoms with Crippen molar-refractivity contribution in [1.82, 2.24) is 9.78 Å². The summed E-state index contributed by atoms with van der Waals surface area (Å²) < 4.78 is 2.47. The van der Waals surface area contributed by atoms with Gasteiger partial charge in [0.25, 0.3) is 5.56 Å². The minimum Gasteiger partial charge on any atom is -0.298 e. The Morgan fingerprint density at radius 3 is 2.68 bits per heavy atom. The zero-order valence-electron chi connectivity index (χ0n) is 10.7. The van der Waals surface area contributed by atoms with Crippen molar-refractivity contribution in [3.8, 4) is 0 Å². The van der Waals surface area contributed by atoms with E-state index in [1.54, 1.807) is 4.68 Å². The largest absolute Gasteiger partial charge is 0.298 e. The van der Waals surface area contributed by atoms with E-state index in [0.717, 1.165) is 29.6 Å². The summed E-state index contributed by atoms with van der Waals surface area (Å²) in [6.07, 6.45) is 4.37. The van der Waals surface area contributed by atoms with Gasteiger partial charge in [-0.1, -0.05) is 30.3 Å². The fourth-order valence-electron chi connectivity index (χ4n) is 2.36. The van der Waals surface area contributed by atoms with Gasteiger partial charge in [-0.3, -0.25) is 14.6 Å². The Hall–Kier alpha value is -1.29. The summed E-state index contributed by atoms with van der Waals surface area (Å²) in [5.41, 5.74) is 2.49. The summed E-state index contributed by atoms with van der Waals surface area (Å²) in [6, 6.07) is 10.4. The van der Waals surface area contributed by atoms with E-state index in [-0.39, 0.29) is 5.56 Å². The predicted molar refractivity (Wildman–Crippen MR) is 79.5 cm³/mol. The van der Waals surface area contributed by atoms with Crippen molar-refractivity contribution in [1.29, 1.82) is 0 Å². The normalized spacial score (nSPS) is 14.8. The van der Waals surface area contributed by atoms with Gasteiger partial charge in [0.05, 0.1) is 5.69 Å². The molecular formula is C15H17BrN2O. The van der Waals surface area contributed by atoms with Gasteiger partial charge in [-0.25, -0.2) is 0 Å². The van der Waals surface area contributed by atoms with Crippen molar-refractivity contribution in [2.75, 3.05) is 0 Å². The Kier molecular flexibility index (Phi) is 3.60. The minimum absolute atomic E-state index is 0.0787. The molecule has 3 rings (SSSR count). The highest BCUT2D eigenvalue weighted by Gasteiger charge is 2.29. The lowest BCUT2D eigenvalue weighted by Gasteiger charge is -2.02. The highest BCUT2D eigenvalue weighted by molar-refractivity contribution is 9.10. The first-order valence-corrected chi connectivity index (χ1v) is 7.57. The molecule has 2 aromatic rings. The zero-order valence-corrected chi connectivity index (χ0v) is 12.3. The lowest BCUT2D eigenvalue weighted by atomic mass is 10.1. The van der Waals surface area contributed by atoms with Crippen LogP contribution in [0.3, 0.4) is 0 Å². The summed E-state index contributed by atoms with van der Waals surface area (Å²) in [6.45, 7) is 0.749. The van der Waals surface area contributed by atoms with Crippen LogP contribution in [0.15, 0.2) is 39.6 Å². The molecule has 0 amide bonds. The number of aromatic nitrogens is 2. The van der Waals surface area contributed by atoms with Gasteiger partial charge in [-0.2, -0.15) is 0 Å². The molecule has 0 saturated heterocycles. The van der Waals surface area contributed by atoms with Crippen LogP contribution in [0.1, 0.15) is 36.4 Å². The predicted octanol–water partition coefficient (Wildman–Crippen LogP) is 3.45. The Labute approximate surface area is 120 Å². The maximum atomic E-state index is 12.0. The Morgan fingerprint density at radius 2 is 2.00 bits per heavy atom. The first kappa shape index (κ1) is 12.7. The van der Waals surface area contributed by atoms with Gasteiger partial charge in [0.15, 0.2) is 0 Å². The van der Waals surface area contributed by atoms with Crippen molar-refractivity contribution < 1.29 is 0 Å². The van der Waals surface area contributed by atoms with E-state index in [1.807, 2.05) is 6.07 Å². The van der Waals surface area contributed by atoms with Crippen LogP contribution in [0.2, 0.25) is 0 Å². The molecule has 100 valence electrons. The van der Waals surface area contributed by atoms with E-state index in [2.05, 4.69) is 45.3 Å². The molecule has 19 heavy (non-hydrogen) atoms. The van der Waals surface area contributed by atoms with Gasteiger partial charge >= 0.3 is 0 Å². The molecule has 1 aromatic heterocycles. The minimum atomic E-state index is 0.0787. The standard InChI is InChI=1S/C15H17BrN2O/c16-13-14(12-8-9-12)17-18(15(13)19)10-4-7-11-5-2-1-3-6-11/h1-3,5-6,12,17H,4,7-10H2. The Balaban J connectivity index is 1.64. The molecule has 3 nitrogen and oxygen atoms in total. The third kappa shape index (κ3) is 2.84. The SMILES string of the molecule is O=c1c(Br)c(C2CC2)[nH]n1CCCc1ccccc1. The van der Waals surface area contributed by atoms with Gasteiger partial charge in [0.2, 0.25) is 0 Å². The number of hydrogen-bond acceptors (Lipinski definition) is 1. The number of hydrogen-bond donors (Lipinski definition) is 1. The fraction of sp³-hybridized carbons (Fsp3) is 0.400. The molecule has 1 aromatic carbocycles. The number of nitrogens with zero attached hydrogens (tertiary/aromatic N) is 1. The maximum Gasteiger partial charge on any atom is 0.281 e. The fourth-order valence-corrected chi connectivity index (χ4v) is 2.99. The molecular weight excluding hydrogens is 304 g/mol. The number of rotatable bonds is 5. The van der Waals surface area contributed by atoms with Crippen molar-refractivity contribution in [2.45, 2.75) is 38.1 Å². The molecule has 0 atom stereocenters. The number of aryl methyl sites for hydroxylation is 2. The van der Waals surface area contributed by atoms with E-state index in [1.165, 1.54) is 18.4 Å². The molecule has 0 spiro atoms. The number of nitrogens with one attached hydrogen (secondary N) is 1. The maximum absolute atomic E-state index is 12.0. The van der Waals surface area contributed by atoms with E-state index in [9.17, 15) is 4.79 Å². The van der Waals surface area contributed by atoms with Crippen LogP contribution < -0.4 is 5.56 Å². The summed E-state index contributed by atoms with van der Waals surface area (Å²) in [5.74, 6) is 0.567. The first-order valence-electron chi connectivity index (χ1n) is 6.78. The molecule has 0 bridgehead atoms. The van der Waals surface area contributed by atoms with Gasteiger partial charge < -0.3 is 0 Å². The van der Waals surface area contributed by atoms with Gasteiger partial charge in [0, 0.05) is 12.5 Å². The number of H-pyrrole nitrogens is 1. The second-order valence-corrected chi connectivity index (χ2v) is 5.95. The summed E-state index contributed by atoms with van der Waals surface area (Å²) in [7, 11) is 0. The molecule has 0 radical (unpaired) electrons. The van der Waals surface area contributed by atoms with Gasteiger partial charge in [0.1, 0.15) is 4.47 Å². The third-order valence-electron chi connectivity index (χ3n) is 3.60. The van der Waals surface area contributed by atoms with Gasteiger partial charge in [-0.15, -0.1) is 0 Å². The second kappa shape index (κ2) is 5.37. The molecule has 4 heteroatoms. The van der Waals surface area contributed by atoms with Gasteiger partial charge in [-0.05, 0) is 47.2 Å². The smallest absolute Gasteiger partial charge is 0.281 e. The van der Waals surface area contributed by atoms with Crippen LogP contribution >= 0.6 is 15.9 Å². The van der Waals surface area contributed by atoms with Crippen LogP contribution in [-0.4, -0.2) is 9.78 Å². The quantitative estimate of drug-likeness (QED) is 0.900. The topological polar surface area (TPSA) is 37.8 Å². The van der Waals surface area contributed by atoms with Crippen LogP contribution in [0.4, 0.5) is 0 Å². The van der Waals surface area contributed by atoms with E-state index in [0.29, 0.717) is 5.92 Å². The molecule has 0 aliphatic heterocycles. The lowest BCUT2D eigenvalue weighted by molar-refractivity contribution is 0.557. The van der Waals surface area contributed by atoms with Crippen molar-refractivity contribution in [2.24, 2.45) is 0 Å². The number of halogens is 1. The molecule has 1 fully saturated rings. The van der Waals surface area contributed by atoms with Crippen LogP contribution in [0.5, 0.6) is 0 Å². The average Bonchev–Trinajstić information content (AvgIpc) is 3.23. The molecule has 1 N–H and O–H groups in total. The highest BCUT2D eigenvalue weighted by atomic mass is 79.9. The Morgan fingerprint density at radius 1 is 1.26 bits per heavy atom. The third-order valence-corrected chi connectivity index (χ3v) is 4.37. The lowest BCUT2D eigenvalue weighted by Crippen LogP contribution is -2.17. The molecule has 0 unspecified atom stereocenters. The summed E-state index contributed by atoms with van der Waals surface area (Å²) >= 11 is 3.41. The molecule has 1 aliphatic carbocycles. The monoisotopic (exact) mass is 320 g/mol. The second-order valence-electron chi connectivity index (χ2n) is 5.16. The first-order chi connectivity index (χ1) is 9.25. The molecule has 1 aliphatic rings. The summed E-state index contributed by atoms with van der Waals surface area (Å²) in [4.78, 5) is 12.0. The number of benzene rings is 1. The zero-order chi connectivity index (χ0) is 13.2. The van der Waals surface area contributed by atoms with Crippen molar-refractivity contribution in [3.63, 3.8) is 0 Å². The highest BCUT2D eigenvalue weighted by Crippen LogP contribution is 2.41. The molecule has 1 heterocycles. The Bertz CT molecular complexity index is 611. The van der Waals surface area contributed by atoms with E-state index >= 15 is 0 Å². The number of aromatic amines is 1. The van der Waals surface area contributed by atoms with Crippen LogP contribution in [0, 0.1) is 0 Å². The van der Waals surface area contributed by atoms with E-state index < -0.39 is 0 Å². The van der Waals surface area contributed by atoms with Crippen LogP contribution in [-0.2, 0) is 13.0 Å². The molecule has 1 saturated carbocycles. The van der Waals surface area contributed by atoms with Crippen LogP contribution in [0.25, 0.3) is 0 Å².